The van der Waals surface area contributed by atoms with Crippen LogP contribution < -0.4 is 16.0 Å². The maximum Gasteiger partial charge on any atom is 0.256 e. The molecule has 0 spiro atoms. The Morgan fingerprint density at radius 2 is 1.83 bits per heavy atom. The molecule has 1 aliphatic heterocycles. The van der Waals surface area contributed by atoms with Gasteiger partial charge in [-0.25, -0.2) is 4.98 Å². The Hall–Kier alpha value is -2.44. The number of nitrogens with one attached hydrogen (secondary N) is 1. The number of amides is 1. The number of benzene rings is 1. The Balaban J connectivity index is 1.62. The third-order valence-electron chi connectivity index (χ3n) is 4.31. The van der Waals surface area contributed by atoms with Gasteiger partial charge >= 0.3 is 0 Å². The van der Waals surface area contributed by atoms with Crippen molar-refractivity contribution in [3.8, 4) is 0 Å². The first-order valence-electron chi connectivity index (χ1n) is 8.15. The number of likely N-dealkylation sites (N-methyl/N-ethyl adjacent to an activating group) is 1. The molecule has 3 rings (SSSR count). The highest BCUT2D eigenvalue weighted by Crippen LogP contribution is 2.17. The first kappa shape index (κ1) is 16.4. The highest BCUT2D eigenvalue weighted by molar-refractivity contribution is 6.03. The maximum atomic E-state index is 12.2. The molecule has 1 amide bonds. The Labute approximate surface area is 142 Å². The fourth-order valence-electron chi connectivity index (χ4n) is 2.69. The van der Waals surface area contributed by atoms with E-state index in [1.54, 1.807) is 12.1 Å². The molecule has 3 N–H and O–H groups in total. The van der Waals surface area contributed by atoms with Crippen LogP contribution in [-0.2, 0) is 6.54 Å². The summed E-state index contributed by atoms with van der Waals surface area (Å²) in [7, 11) is 2.13. The number of rotatable bonds is 4. The molecule has 2 heterocycles. The van der Waals surface area contributed by atoms with E-state index in [1.807, 2.05) is 30.5 Å². The molecule has 0 atom stereocenters. The molecule has 0 aliphatic carbocycles. The number of aromatic nitrogens is 1. The van der Waals surface area contributed by atoms with Crippen LogP contribution in [-0.4, -0.2) is 49.0 Å². The molecule has 6 heteroatoms. The molecule has 6 nitrogen and oxygen atoms in total. The van der Waals surface area contributed by atoms with Crippen molar-refractivity contribution >= 4 is 17.4 Å². The van der Waals surface area contributed by atoms with E-state index < -0.39 is 0 Å². The average molecular weight is 325 g/mol. The fourth-order valence-corrected chi connectivity index (χ4v) is 2.69. The predicted octanol–water partition coefficient (Wildman–Crippen LogP) is 1.54. The number of carbonyl (C=O) groups excluding carboxylic acids is 1. The fraction of sp³-hybridized carbons (Fsp3) is 0.333. The number of hydrogen-bond acceptors (Lipinski definition) is 5. The highest BCUT2D eigenvalue weighted by Gasteiger charge is 2.14. The second-order valence-corrected chi connectivity index (χ2v) is 6.05. The third-order valence-corrected chi connectivity index (χ3v) is 4.31. The van der Waals surface area contributed by atoms with E-state index in [9.17, 15) is 4.79 Å². The van der Waals surface area contributed by atoms with E-state index >= 15 is 0 Å². The molecular formula is C18H23N5O. The van der Waals surface area contributed by atoms with Crippen molar-refractivity contribution in [1.82, 2.24) is 9.88 Å². The van der Waals surface area contributed by atoms with Gasteiger partial charge in [-0.1, -0.05) is 12.1 Å². The van der Waals surface area contributed by atoms with E-state index in [0.29, 0.717) is 17.9 Å². The zero-order valence-corrected chi connectivity index (χ0v) is 13.9. The summed E-state index contributed by atoms with van der Waals surface area (Å²) in [4.78, 5) is 21.2. The molecule has 0 unspecified atom stereocenters. The number of nitrogens with two attached hydrogens (primary N) is 1. The summed E-state index contributed by atoms with van der Waals surface area (Å²) in [5.41, 5.74) is 8.25. The number of pyridine rings is 1. The standard InChI is InChI=1S/C18H23N5O/c1-22-8-10-23(11-9-22)16-6-7-17(20-13-16)21-18(24)15-4-2-14(12-19)3-5-15/h2-7,13H,8-12,19H2,1H3,(H,20,21,24). The summed E-state index contributed by atoms with van der Waals surface area (Å²) >= 11 is 0. The molecule has 0 saturated carbocycles. The number of piperazine rings is 1. The number of carbonyl (C=O) groups is 1. The number of nitrogens with zero attached hydrogens (tertiary/aromatic N) is 3. The minimum Gasteiger partial charge on any atom is -0.368 e. The Bertz CT molecular complexity index is 676. The van der Waals surface area contributed by atoms with Crippen molar-refractivity contribution in [2.24, 2.45) is 5.73 Å². The van der Waals surface area contributed by atoms with Crippen molar-refractivity contribution in [1.29, 1.82) is 0 Å². The van der Waals surface area contributed by atoms with Gasteiger partial charge in [-0.05, 0) is 36.9 Å². The van der Waals surface area contributed by atoms with Crippen LogP contribution in [0.5, 0.6) is 0 Å². The number of anilines is 2. The van der Waals surface area contributed by atoms with Gasteiger partial charge in [0.15, 0.2) is 0 Å². The summed E-state index contributed by atoms with van der Waals surface area (Å²) in [5.74, 6) is 0.388. The van der Waals surface area contributed by atoms with Gasteiger partial charge in [0.1, 0.15) is 5.82 Å². The van der Waals surface area contributed by atoms with Gasteiger partial charge in [0.25, 0.3) is 5.91 Å². The van der Waals surface area contributed by atoms with Gasteiger partial charge in [0.05, 0.1) is 11.9 Å². The van der Waals surface area contributed by atoms with E-state index in [2.05, 4.69) is 27.1 Å². The summed E-state index contributed by atoms with van der Waals surface area (Å²) in [6.45, 7) is 4.57. The van der Waals surface area contributed by atoms with Gasteiger partial charge in [-0.3, -0.25) is 4.79 Å². The van der Waals surface area contributed by atoms with Crippen LogP contribution >= 0.6 is 0 Å². The lowest BCUT2D eigenvalue weighted by atomic mass is 10.1. The topological polar surface area (TPSA) is 74.5 Å². The number of hydrogen-bond donors (Lipinski definition) is 2. The van der Waals surface area contributed by atoms with Gasteiger partial charge in [0.2, 0.25) is 0 Å². The smallest absolute Gasteiger partial charge is 0.256 e. The Morgan fingerprint density at radius 3 is 2.42 bits per heavy atom. The molecule has 1 fully saturated rings. The first-order valence-corrected chi connectivity index (χ1v) is 8.15. The zero-order chi connectivity index (χ0) is 16.9. The van der Waals surface area contributed by atoms with E-state index in [1.165, 1.54) is 0 Å². The van der Waals surface area contributed by atoms with Crippen LogP contribution in [0.15, 0.2) is 42.6 Å². The molecular weight excluding hydrogens is 302 g/mol. The third kappa shape index (κ3) is 3.90. The first-order chi connectivity index (χ1) is 11.7. The van der Waals surface area contributed by atoms with E-state index in [0.717, 1.165) is 37.4 Å². The Morgan fingerprint density at radius 1 is 1.12 bits per heavy atom. The summed E-state index contributed by atoms with van der Waals surface area (Å²) < 4.78 is 0. The lowest BCUT2D eigenvalue weighted by Crippen LogP contribution is -2.44. The van der Waals surface area contributed by atoms with Crippen LogP contribution in [0, 0.1) is 0 Å². The second-order valence-electron chi connectivity index (χ2n) is 6.05. The summed E-state index contributed by atoms with van der Waals surface area (Å²) in [6.07, 6.45) is 1.82. The molecule has 0 bridgehead atoms. The van der Waals surface area contributed by atoms with Gasteiger partial charge in [-0.2, -0.15) is 0 Å². The van der Waals surface area contributed by atoms with Gasteiger partial charge < -0.3 is 20.9 Å². The molecule has 0 radical (unpaired) electrons. The van der Waals surface area contributed by atoms with E-state index in [4.69, 9.17) is 5.73 Å². The molecule has 1 aromatic heterocycles. The lowest BCUT2D eigenvalue weighted by molar-refractivity contribution is 0.102. The summed E-state index contributed by atoms with van der Waals surface area (Å²) in [5, 5.41) is 2.82. The van der Waals surface area contributed by atoms with Crippen molar-refractivity contribution in [3.05, 3.63) is 53.7 Å². The van der Waals surface area contributed by atoms with Crippen molar-refractivity contribution < 1.29 is 4.79 Å². The average Bonchev–Trinajstić information content (AvgIpc) is 2.63. The minimum absolute atomic E-state index is 0.168. The second kappa shape index (κ2) is 7.42. The van der Waals surface area contributed by atoms with Crippen LogP contribution in [0.4, 0.5) is 11.5 Å². The van der Waals surface area contributed by atoms with Gasteiger partial charge in [-0.15, -0.1) is 0 Å². The maximum absolute atomic E-state index is 12.2. The van der Waals surface area contributed by atoms with Crippen LogP contribution in [0.3, 0.4) is 0 Å². The minimum atomic E-state index is -0.168. The quantitative estimate of drug-likeness (QED) is 0.892. The molecule has 1 aromatic carbocycles. The van der Waals surface area contributed by atoms with Crippen molar-refractivity contribution in [2.45, 2.75) is 6.54 Å². The lowest BCUT2D eigenvalue weighted by Gasteiger charge is -2.33. The van der Waals surface area contributed by atoms with Crippen LogP contribution in [0.2, 0.25) is 0 Å². The van der Waals surface area contributed by atoms with E-state index in [-0.39, 0.29) is 5.91 Å². The van der Waals surface area contributed by atoms with Crippen LogP contribution in [0.1, 0.15) is 15.9 Å². The molecule has 1 aliphatic rings. The predicted molar refractivity (Wildman–Crippen MR) is 96.2 cm³/mol. The molecule has 24 heavy (non-hydrogen) atoms. The normalized spacial score (nSPS) is 15.3. The zero-order valence-electron chi connectivity index (χ0n) is 13.9. The van der Waals surface area contributed by atoms with Crippen LogP contribution in [0.25, 0.3) is 0 Å². The molecule has 126 valence electrons. The van der Waals surface area contributed by atoms with Gasteiger partial charge in [0, 0.05) is 38.3 Å². The van der Waals surface area contributed by atoms with Crippen molar-refractivity contribution in [2.75, 3.05) is 43.4 Å². The highest BCUT2D eigenvalue weighted by atomic mass is 16.1. The Kier molecular flexibility index (Phi) is 5.08. The molecule has 2 aromatic rings. The SMILES string of the molecule is CN1CCN(c2ccc(NC(=O)c3ccc(CN)cc3)nc2)CC1. The molecule has 1 saturated heterocycles. The monoisotopic (exact) mass is 325 g/mol. The van der Waals surface area contributed by atoms with Crippen molar-refractivity contribution in [3.63, 3.8) is 0 Å². The largest absolute Gasteiger partial charge is 0.368 e. The summed E-state index contributed by atoms with van der Waals surface area (Å²) in [6, 6.07) is 11.1.